The van der Waals surface area contributed by atoms with Gasteiger partial charge in [0.15, 0.2) is 15.0 Å². The smallest absolute Gasteiger partial charge is 0.348 e. The molecule has 12 heteroatoms. The molecule has 0 radical (unpaired) electrons. The van der Waals surface area contributed by atoms with E-state index >= 15 is 0 Å². The van der Waals surface area contributed by atoms with Crippen molar-refractivity contribution in [1.82, 2.24) is 4.98 Å². The zero-order valence-electron chi connectivity index (χ0n) is 16.7. The van der Waals surface area contributed by atoms with Gasteiger partial charge in [0.1, 0.15) is 5.82 Å². The Balaban J connectivity index is 1.50. The quantitative estimate of drug-likeness (QED) is 0.346. The molecular formula is C21H16Cl2F4N2O2S2. The number of benzene rings is 2. The van der Waals surface area contributed by atoms with Crippen LogP contribution in [-0.2, 0) is 16.0 Å². The standard InChI is InChI=1S/C21H16Cl2F4N2O2S2/c22-14-7-12(8-15(24)10-14)18-11-32-20(28-18)29-5-3-16(4-6-29)33(30,31)19-9-13(21(25,26)27)1-2-17(19)23/h1-2,7-11,16H,3-6H2. The fraction of sp³-hybridized carbons (Fsp3) is 0.286. The second-order valence-corrected chi connectivity index (χ2v) is 11.4. The number of piperidine rings is 1. The van der Waals surface area contributed by atoms with E-state index in [1.165, 1.54) is 23.5 Å². The largest absolute Gasteiger partial charge is 0.416 e. The van der Waals surface area contributed by atoms with E-state index in [0.717, 1.165) is 12.1 Å². The van der Waals surface area contributed by atoms with E-state index in [9.17, 15) is 26.0 Å². The Bertz CT molecular complexity index is 1270. The number of rotatable bonds is 4. The van der Waals surface area contributed by atoms with Crippen LogP contribution in [0.1, 0.15) is 18.4 Å². The van der Waals surface area contributed by atoms with Gasteiger partial charge in [-0.1, -0.05) is 23.2 Å². The number of hydrogen-bond acceptors (Lipinski definition) is 5. The monoisotopic (exact) mass is 538 g/mol. The predicted molar refractivity (Wildman–Crippen MR) is 121 cm³/mol. The van der Waals surface area contributed by atoms with Crippen molar-refractivity contribution < 1.29 is 26.0 Å². The predicted octanol–water partition coefficient (Wildman–Crippen LogP) is 6.72. The van der Waals surface area contributed by atoms with E-state index < -0.39 is 37.5 Å². The molecule has 0 N–H and O–H groups in total. The minimum atomic E-state index is -4.67. The molecule has 2 heterocycles. The number of thiazole rings is 1. The molecule has 4 nitrogen and oxygen atoms in total. The number of nitrogens with zero attached hydrogens (tertiary/aromatic N) is 2. The number of halogens is 6. The normalized spacial score (nSPS) is 15.8. The van der Waals surface area contributed by atoms with Gasteiger partial charge in [0.2, 0.25) is 0 Å². The highest BCUT2D eigenvalue weighted by Gasteiger charge is 2.37. The summed E-state index contributed by atoms with van der Waals surface area (Å²) in [6, 6.07) is 6.43. The fourth-order valence-corrected chi connectivity index (χ4v) is 7.05. The van der Waals surface area contributed by atoms with Crippen molar-refractivity contribution in [2.75, 3.05) is 18.0 Å². The lowest BCUT2D eigenvalue weighted by Gasteiger charge is -2.31. The first-order valence-corrected chi connectivity index (χ1v) is 12.9. The maximum Gasteiger partial charge on any atom is 0.416 e. The van der Waals surface area contributed by atoms with E-state index in [2.05, 4.69) is 4.98 Å². The Morgan fingerprint density at radius 1 is 1.06 bits per heavy atom. The van der Waals surface area contributed by atoms with Crippen LogP contribution >= 0.6 is 34.5 Å². The van der Waals surface area contributed by atoms with Gasteiger partial charge in [-0.15, -0.1) is 11.3 Å². The van der Waals surface area contributed by atoms with Crippen LogP contribution in [0.15, 0.2) is 46.7 Å². The van der Waals surface area contributed by atoms with Crippen LogP contribution in [0.4, 0.5) is 22.7 Å². The Kier molecular flexibility index (Phi) is 6.65. The van der Waals surface area contributed by atoms with Gasteiger partial charge in [-0.3, -0.25) is 0 Å². The third kappa shape index (κ3) is 5.13. The van der Waals surface area contributed by atoms with Crippen molar-refractivity contribution >= 4 is 49.5 Å². The van der Waals surface area contributed by atoms with Crippen molar-refractivity contribution in [3.63, 3.8) is 0 Å². The molecule has 1 fully saturated rings. The number of sulfone groups is 1. The van der Waals surface area contributed by atoms with Crippen molar-refractivity contribution in [3.8, 4) is 11.3 Å². The molecule has 1 aliphatic rings. The molecule has 1 aromatic heterocycles. The van der Waals surface area contributed by atoms with Crippen molar-refractivity contribution in [2.24, 2.45) is 0 Å². The third-order valence-electron chi connectivity index (χ3n) is 5.37. The van der Waals surface area contributed by atoms with Crippen molar-refractivity contribution in [2.45, 2.75) is 29.2 Å². The molecule has 0 saturated carbocycles. The highest BCUT2D eigenvalue weighted by molar-refractivity contribution is 7.92. The Morgan fingerprint density at radius 3 is 2.39 bits per heavy atom. The van der Waals surface area contributed by atoms with Crippen LogP contribution in [0, 0.1) is 5.82 Å². The van der Waals surface area contributed by atoms with Gasteiger partial charge >= 0.3 is 6.18 Å². The molecule has 1 aliphatic heterocycles. The molecule has 0 unspecified atom stereocenters. The number of alkyl halides is 3. The molecule has 0 spiro atoms. The van der Waals surface area contributed by atoms with E-state index in [0.29, 0.717) is 35.5 Å². The van der Waals surface area contributed by atoms with E-state index in [1.807, 2.05) is 4.90 Å². The summed E-state index contributed by atoms with van der Waals surface area (Å²) in [6.45, 7) is 0.689. The number of hydrogen-bond donors (Lipinski definition) is 0. The molecule has 1 saturated heterocycles. The summed E-state index contributed by atoms with van der Waals surface area (Å²) in [7, 11) is -4.06. The maximum absolute atomic E-state index is 13.6. The lowest BCUT2D eigenvalue weighted by atomic mass is 10.1. The average Bonchev–Trinajstić information content (AvgIpc) is 3.23. The van der Waals surface area contributed by atoms with Crippen LogP contribution in [0.2, 0.25) is 10.0 Å². The van der Waals surface area contributed by atoms with Crippen molar-refractivity contribution in [3.05, 3.63) is 63.2 Å². The summed E-state index contributed by atoms with van der Waals surface area (Å²) in [5.74, 6) is -0.480. The first-order valence-electron chi connectivity index (χ1n) is 9.73. The molecular weight excluding hydrogens is 523 g/mol. The van der Waals surface area contributed by atoms with Gasteiger partial charge in [-0.25, -0.2) is 17.8 Å². The van der Waals surface area contributed by atoms with Gasteiger partial charge < -0.3 is 4.90 Å². The number of aromatic nitrogens is 1. The fourth-order valence-electron chi connectivity index (χ4n) is 3.68. The average molecular weight is 539 g/mol. The Hall–Kier alpha value is -1.88. The van der Waals surface area contributed by atoms with E-state index in [1.54, 1.807) is 11.4 Å². The van der Waals surface area contributed by atoms with Gasteiger partial charge in [-0.2, -0.15) is 13.2 Å². The van der Waals surface area contributed by atoms with Gasteiger partial charge in [0, 0.05) is 29.1 Å². The van der Waals surface area contributed by atoms with E-state index in [4.69, 9.17) is 23.2 Å². The zero-order valence-corrected chi connectivity index (χ0v) is 19.9. The Labute approximate surface area is 201 Å². The molecule has 0 bridgehead atoms. The first-order chi connectivity index (χ1) is 15.4. The molecule has 4 rings (SSSR count). The topological polar surface area (TPSA) is 50.3 Å². The second kappa shape index (κ2) is 9.05. The summed E-state index contributed by atoms with van der Waals surface area (Å²) in [4.78, 5) is 5.90. The molecule has 0 aliphatic carbocycles. The molecule has 176 valence electrons. The lowest BCUT2D eigenvalue weighted by molar-refractivity contribution is -0.137. The molecule has 0 amide bonds. The highest BCUT2D eigenvalue weighted by atomic mass is 35.5. The zero-order chi connectivity index (χ0) is 24.0. The Morgan fingerprint density at radius 2 is 1.76 bits per heavy atom. The highest BCUT2D eigenvalue weighted by Crippen LogP contribution is 2.37. The maximum atomic E-state index is 13.6. The third-order valence-corrected chi connectivity index (χ3v) is 9.23. The minimum Gasteiger partial charge on any atom is -0.348 e. The van der Waals surface area contributed by atoms with Gasteiger partial charge in [0.25, 0.3) is 0 Å². The molecule has 0 atom stereocenters. The minimum absolute atomic E-state index is 0.204. The number of anilines is 1. The summed E-state index contributed by atoms with van der Waals surface area (Å²) in [5.41, 5.74) is 0.0109. The summed E-state index contributed by atoms with van der Waals surface area (Å²) in [5, 5.41) is 1.54. The lowest BCUT2D eigenvalue weighted by Crippen LogP contribution is -2.39. The summed E-state index contributed by atoms with van der Waals surface area (Å²) >= 11 is 13.2. The first kappa shape index (κ1) is 24.3. The van der Waals surface area contributed by atoms with Crippen LogP contribution in [0.5, 0.6) is 0 Å². The van der Waals surface area contributed by atoms with Crippen molar-refractivity contribution in [1.29, 1.82) is 0 Å². The molecule has 33 heavy (non-hydrogen) atoms. The van der Waals surface area contributed by atoms with Gasteiger partial charge in [-0.05, 0) is 49.2 Å². The molecule has 2 aromatic carbocycles. The van der Waals surface area contributed by atoms with E-state index in [-0.39, 0.29) is 22.9 Å². The van der Waals surface area contributed by atoms with Gasteiger partial charge in [0.05, 0.1) is 26.4 Å². The van der Waals surface area contributed by atoms with Crippen LogP contribution in [0.3, 0.4) is 0 Å². The van der Waals surface area contributed by atoms with Crippen LogP contribution in [0.25, 0.3) is 11.3 Å². The second-order valence-electron chi connectivity index (χ2n) is 7.55. The van der Waals surface area contributed by atoms with Crippen LogP contribution in [-0.4, -0.2) is 31.7 Å². The summed E-state index contributed by atoms with van der Waals surface area (Å²) in [6.07, 6.45) is -4.27. The SMILES string of the molecule is O=S(=O)(c1cc(C(F)(F)F)ccc1Cl)C1CCN(c2nc(-c3cc(F)cc(Cl)c3)cs2)CC1. The molecule has 3 aromatic rings. The van der Waals surface area contributed by atoms with Crippen LogP contribution < -0.4 is 4.90 Å². The summed E-state index contributed by atoms with van der Waals surface area (Å²) < 4.78 is 78.9.